The third kappa shape index (κ3) is 2.47. The van der Waals surface area contributed by atoms with E-state index in [1.807, 2.05) is 12.3 Å². The van der Waals surface area contributed by atoms with Crippen LogP contribution in [0.3, 0.4) is 0 Å². The van der Waals surface area contributed by atoms with Crippen molar-refractivity contribution in [3.05, 3.63) is 64.8 Å². The molecule has 2 heterocycles. The quantitative estimate of drug-likeness (QED) is 0.782. The van der Waals surface area contributed by atoms with Crippen LogP contribution in [0.1, 0.15) is 29.8 Å². The van der Waals surface area contributed by atoms with Gasteiger partial charge < -0.3 is 5.73 Å². The number of hydrogen-bond donors (Lipinski definition) is 1. The topological polar surface area (TPSA) is 38.9 Å². The number of fused-ring (bicyclic) bond motifs is 1. The summed E-state index contributed by atoms with van der Waals surface area (Å²) in [5, 5.41) is 3.54. The van der Waals surface area contributed by atoms with E-state index in [9.17, 15) is 0 Å². The fourth-order valence-corrected chi connectivity index (χ4v) is 3.58. The van der Waals surface area contributed by atoms with Crippen molar-refractivity contribution in [3.8, 4) is 0 Å². The average molecular weight is 282 g/mol. The van der Waals surface area contributed by atoms with Crippen LogP contribution in [-0.2, 0) is 12.8 Å². The summed E-state index contributed by atoms with van der Waals surface area (Å²) in [5.41, 5.74) is 10.0. The molecule has 1 aromatic carbocycles. The zero-order valence-electron chi connectivity index (χ0n) is 11.5. The summed E-state index contributed by atoms with van der Waals surface area (Å²) in [6.07, 6.45) is 3.65. The molecule has 3 aromatic rings. The smallest absolute Gasteiger partial charge is 0.0606 e. The Morgan fingerprint density at radius 3 is 2.85 bits per heavy atom. The first kappa shape index (κ1) is 13.3. The summed E-state index contributed by atoms with van der Waals surface area (Å²) in [6.45, 7) is 2.15. The van der Waals surface area contributed by atoms with Crippen molar-refractivity contribution in [2.75, 3.05) is 0 Å². The van der Waals surface area contributed by atoms with Gasteiger partial charge in [0.1, 0.15) is 0 Å². The summed E-state index contributed by atoms with van der Waals surface area (Å²) in [5.74, 6) is 0. The number of nitrogens with zero attached hydrogens (tertiary/aromatic N) is 1. The van der Waals surface area contributed by atoms with Gasteiger partial charge in [0.2, 0.25) is 0 Å². The predicted octanol–water partition coefficient (Wildman–Crippen LogP) is 4.10. The van der Waals surface area contributed by atoms with Gasteiger partial charge >= 0.3 is 0 Å². The van der Waals surface area contributed by atoms with Gasteiger partial charge in [-0.15, -0.1) is 11.3 Å². The molecule has 0 amide bonds. The van der Waals surface area contributed by atoms with Crippen LogP contribution in [0.15, 0.2) is 48.0 Å². The van der Waals surface area contributed by atoms with Crippen LogP contribution < -0.4 is 5.73 Å². The van der Waals surface area contributed by atoms with Crippen LogP contribution in [0, 0.1) is 0 Å². The Bertz CT molecular complexity index is 718. The van der Waals surface area contributed by atoms with Crippen LogP contribution in [0.5, 0.6) is 0 Å². The third-order valence-electron chi connectivity index (χ3n) is 3.66. The van der Waals surface area contributed by atoms with E-state index in [0.717, 1.165) is 18.5 Å². The van der Waals surface area contributed by atoms with Gasteiger partial charge in [0.15, 0.2) is 0 Å². The Labute approximate surface area is 123 Å². The largest absolute Gasteiger partial charge is 0.322 e. The van der Waals surface area contributed by atoms with Gasteiger partial charge in [-0.05, 0) is 46.9 Å². The van der Waals surface area contributed by atoms with Crippen LogP contribution in [0.4, 0.5) is 0 Å². The monoisotopic (exact) mass is 282 g/mol. The maximum absolute atomic E-state index is 6.40. The molecule has 0 aliphatic carbocycles. The Morgan fingerprint density at radius 1 is 1.15 bits per heavy atom. The number of benzene rings is 1. The Balaban J connectivity index is 1.90. The SMILES string of the molecule is CCc1cccnc1C(N)Cc1csc2ccccc12. The minimum absolute atomic E-state index is 0.0378. The van der Waals surface area contributed by atoms with Crippen molar-refractivity contribution in [2.45, 2.75) is 25.8 Å². The van der Waals surface area contributed by atoms with Gasteiger partial charge in [-0.1, -0.05) is 31.2 Å². The normalized spacial score (nSPS) is 12.7. The Hall–Kier alpha value is -1.71. The first-order chi connectivity index (χ1) is 9.79. The summed E-state index contributed by atoms with van der Waals surface area (Å²) < 4.78 is 1.33. The number of nitrogens with two attached hydrogens (primary N) is 1. The van der Waals surface area contributed by atoms with E-state index < -0.39 is 0 Å². The van der Waals surface area contributed by atoms with Crippen molar-refractivity contribution >= 4 is 21.4 Å². The highest BCUT2D eigenvalue weighted by atomic mass is 32.1. The van der Waals surface area contributed by atoms with Crippen molar-refractivity contribution < 1.29 is 0 Å². The first-order valence-corrected chi connectivity index (χ1v) is 7.82. The Kier molecular flexibility index (Phi) is 3.81. The number of aryl methyl sites for hydroxylation is 1. The molecule has 0 aliphatic heterocycles. The van der Waals surface area contributed by atoms with E-state index in [2.05, 4.69) is 47.6 Å². The molecule has 0 bridgehead atoms. The second-order valence-electron chi connectivity index (χ2n) is 4.97. The lowest BCUT2D eigenvalue weighted by Crippen LogP contribution is -2.16. The molecule has 0 saturated heterocycles. The van der Waals surface area contributed by atoms with Crippen molar-refractivity contribution in [1.29, 1.82) is 0 Å². The second kappa shape index (κ2) is 5.73. The predicted molar refractivity (Wildman–Crippen MR) is 86.1 cm³/mol. The standard InChI is InChI=1S/C17H18N2S/c1-2-12-6-5-9-19-17(12)15(18)10-13-11-20-16-8-4-3-7-14(13)16/h3-9,11,15H,2,10,18H2,1H3. The van der Waals surface area contributed by atoms with Crippen LogP contribution in [0.2, 0.25) is 0 Å². The molecule has 0 saturated carbocycles. The van der Waals surface area contributed by atoms with Gasteiger partial charge in [0, 0.05) is 10.9 Å². The minimum atomic E-state index is -0.0378. The van der Waals surface area contributed by atoms with Gasteiger partial charge in [-0.25, -0.2) is 0 Å². The summed E-state index contributed by atoms with van der Waals surface area (Å²) in [4.78, 5) is 4.49. The lowest BCUT2D eigenvalue weighted by Gasteiger charge is -2.14. The van der Waals surface area contributed by atoms with Gasteiger partial charge in [0.25, 0.3) is 0 Å². The molecule has 0 fully saturated rings. The van der Waals surface area contributed by atoms with Gasteiger partial charge in [0.05, 0.1) is 11.7 Å². The second-order valence-corrected chi connectivity index (χ2v) is 5.88. The molecule has 102 valence electrons. The molecule has 0 radical (unpaired) electrons. The molecular weight excluding hydrogens is 264 g/mol. The lowest BCUT2D eigenvalue weighted by atomic mass is 9.99. The molecule has 2 N–H and O–H groups in total. The molecule has 1 unspecified atom stereocenters. The zero-order chi connectivity index (χ0) is 13.9. The molecule has 20 heavy (non-hydrogen) atoms. The Morgan fingerprint density at radius 2 is 2.00 bits per heavy atom. The highest BCUT2D eigenvalue weighted by Crippen LogP contribution is 2.29. The minimum Gasteiger partial charge on any atom is -0.322 e. The van der Waals surface area contributed by atoms with E-state index in [0.29, 0.717) is 0 Å². The van der Waals surface area contributed by atoms with Crippen LogP contribution in [0.25, 0.3) is 10.1 Å². The molecular formula is C17H18N2S. The molecule has 3 heteroatoms. The molecule has 0 spiro atoms. The van der Waals surface area contributed by atoms with E-state index in [-0.39, 0.29) is 6.04 Å². The number of rotatable bonds is 4. The number of aromatic nitrogens is 1. The van der Waals surface area contributed by atoms with Crippen molar-refractivity contribution in [2.24, 2.45) is 5.73 Å². The van der Waals surface area contributed by atoms with E-state index >= 15 is 0 Å². The number of hydrogen-bond acceptors (Lipinski definition) is 3. The summed E-state index contributed by atoms with van der Waals surface area (Å²) >= 11 is 1.79. The highest BCUT2D eigenvalue weighted by molar-refractivity contribution is 7.17. The molecule has 0 aliphatic rings. The van der Waals surface area contributed by atoms with Crippen LogP contribution >= 0.6 is 11.3 Å². The fraction of sp³-hybridized carbons (Fsp3) is 0.235. The fourth-order valence-electron chi connectivity index (χ4n) is 2.61. The maximum atomic E-state index is 6.40. The first-order valence-electron chi connectivity index (χ1n) is 6.94. The molecule has 1 atom stereocenters. The molecule has 3 rings (SSSR count). The average Bonchev–Trinajstić information content (AvgIpc) is 2.90. The number of pyridine rings is 1. The van der Waals surface area contributed by atoms with Gasteiger partial charge in [-0.2, -0.15) is 0 Å². The summed E-state index contributed by atoms with van der Waals surface area (Å²) in [6, 6.07) is 12.6. The van der Waals surface area contributed by atoms with E-state index in [1.54, 1.807) is 11.3 Å². The van der Waals surface area contributed by atoms with Crippen LogP contribution in [-0.4, -0.2) is 4.98 Å². The zero-order valence-corrected chi connectivity index (χ0v) is 12.4. The molecule has 2 aromatic heterocycles. The maximum Gasteiger partial charge on any atom is 0.0606 e. The molecule has 2 nitrogen and oxygen atoms in total. The number of thiophene rings is 1. The van der Waals surface area contributed by atoms with Crippen molar-refractivity contribution in [3.63, 3.8) is 0 Å². The summed E-state index contributed by atoms with van der Waals surface area (Å²) in [7, 11) is 0. The van der Waals surface area contributed by atoms with Gasteiger partial charge in [-0.3, -0.25) is 4.98 Å². The van der Waals surface area contributed by atoms with E-state index in [1.165, 1.54) is 21.2 Å². The van der Waals surface area contributed by atoms with Crippen molar-refractivity contribution in [1.82, 2.24) is 4.98 Å². The third-order valence-corrected chi connectivity index (χ3v) is 4.67. The lowest BCUT2D eigenvalue weighted by molar-refractivity contribution is 0.689. The highest BCUT2D eigenvalue weighted by Gasteiger charge is 2.14. The van der Waals surface area contributed by atoms with E-state index in [4.69, 9.17) is 5.73 Å².